The normalized spacial score (nSPS) is 31.0. The van der Waals surface area contributed by atoms with Crippen LogP contribution in [0.1, 0.15) is 58.3 Å². The molecule has 132 valence electrons. The molecular weight excluding hydrogens is 314 g/mol. The molecule has 0 spiro atoms. The number of nitrogens with one attached hydrogen (secondary N) is 1. The van der Waals surface area contributed by atoms with Gasteiger partial charge in [0.15, 0.2) is 0 Å². The zero-order chi connectivity index (χ0) is 16.7. The van der Waals surface area contributed by atoms with E-state index in [4.69, 9.17) is 9.29 Å². The summed E-state index contributed by atoms with van der Waals surface area (Å²) in [6.07, 6.45) is 11.6. The maximum atomic E-state index is 12.0. The predicted octanol–water partition coefficient (Wildman–Crippen LogP) is 3.20. The number of aliphatic carboxylic acids is 1. The largest absolute Gasteiger partial charge is 0.481 e. The molecular formula is C17H29NO4S. The highest BCUT2D eigenvalue weighted by molar-refractivity contribution is 7.78. The summed E-state index contributed by atoms with van der Waals surface area (Å²) in [6, 6.07) is 0.287. The standard InChI is InChI=1S/C17H29NO4S/c1-2-11-22-23(21)18-17-14-10-9-13(12-14)15(17)7-5-3-4-6-8-16(19)20/h3,5,13-15,17-18H,2,4,6-12H2,1H3,(H,19,20)/b5-3-/t13-,14+,15-,17?,23?/m1/s1. The number of fused-ring (bicyclic) bond motifs is 2. The summed E-state index contributed by atoms with van der Waals surface area (Å²) in [7, 11) is 0. The molecule has 0 aromatic heterocycles. The van der Waals surface area contributed by atoms with Crippen LogP contribution in [0.2, 0.25) is 0 Å². The van der Waals surface area contributed by atoms with Crippen molar-refractivity contribution in [3.8, 4) is 0 Å². The minimum atomic E-state index is -1.39. The van der Waals surface area contributed by atoms with Gasteiger partial charge in [-0.1, -0.05) is 19.1 Å². The van der Waals surface area contributed by atoms with E-state index in [0.717, 1.165) is 25.2 Å². The van der Waals surface area contributed by atoms with E-state index in [9.17, 15) is 9.00 Å². The summed E-state index contributed by atoms with van der Waals surface area (Å²) in [5.74, 6) is 1.15. The van der Waals surface area contributed by atoms with Crippen molar-refractivity contribution in [2.24, 2.45) is 17.8 Å². The van der Waals surface area contributed by atoms with Crippen LogP contribution in [0.5, 0.6) is 0 Å². The van der Waals surface area contributed by atoms with Gasteiger partial charge in [0.25, 0.3) is 0 Å². The summed E-state index contributed by atoms with van der Waals surface area (Å²) < 4.78 is 20.4. The Bertz CT molecular complexity index is 440. The molecule has 2 unspecified atom stereocenters. The lowest BCUT2D eigenvalue weighted by atomic mass is 9.83. The highest BCUT2D eigenvalue weighted by Crippen LogP contribution is 2.50. The number of carbonyl (C=O) groups is 1. The fraction of sp³-hybridized carbons (Fsp3) is 0.824. The Morgan fingerprint density at radius 3 is 2.87 bits per heavy atom. The van der Waals surface area contributed by atoms with Crippen LogP contribution in [0, 0.1) is 17.8 Å². The Balaban J connectivity index is 1.77. The Morgan fingerprint density at radius 2 is 2.13 bits per heavy atom. The van der Waals surface area contributed by atoms with Gasteiger partial charge in [-0.3, -0.25) is 8.98 Å². The molecule has 6 heteroatoms. The molecule has 5 nitrogen and oxygen atoms in total. The third-order valence-corrected chi connectivity index (χ3v) is 5.90. The molecule has 2 fully saturated rings. The Morgan fingerprint density at radius 1 is 1.35 bits per heavy atom. The van der Waals surface area contributed by atoms with E-state index in [0.29, 0.717) is 24.9 Å². The fourth-order valence-electron chi connectivity index (χ4n) is 3.98. The molecule has 0 radical (unpaired) electrons. The summed E-state index contributed by atoms with van der Waals surface area (Å²) in [6.45, 7) is 2.53. The lowest BCUT2D eigenvalue weighted by Gasteiger charge is -2.30. The van der Waals surface area contributed by atoms with Crippen LogP contribution in [0.3, 0.4) is 0 Å². The van der Waals surface area contributed by atoms with Gasteiger partial charge in [-0.2, -0.15) is 0 Å². The second-order valence-corrected chi connectivity index (χ2v) is 7.63. The molecule has 2 N–H and O–H groups in total. The van der Waals surface area contributed by atoms with Gasteiger partial charge in [0.05, 0.1) is 6.61 Å². The second-order valence-electron chi connectivity index (χ2n) is 6.69. The Hall–Kier alpha value is -0.720. The quantitative estimate of drug-likeness (QED) is 0.446. The SMILES string of the molecule is CCCOS(=O)NC1[C@H]2CC[C@H](C2)[C@H]1C/C=C\CCCC(=O)O. The maximum absolute atomic E-state index is 12.0. The molecule has 2 rings (SSSR count). The first-order valence-electron chi connectivity index (χ1n) is 8.79. The molecule has 2 saturated carbocycles. The number of carboxylic acids is 1. The van der Waals surface area contributed by atoms with Crippen molar-refractivity contribution >= 4 is 17.2 Å². The van der Waals surface area contributed by atoms with Gasteiger partial charge in [0.1, 0.15) is 0 Å². The van der Waals surface area contributed by atoms with Gasteiger partial charge in [-0.25, -0.2) is 8.93 Å². The molecule has 2 bridgehead atoms. The molecule has 0 aliphatic heterocycles. The molecule has 0 aromatic carbocycles. The molecule has 0 aromatic rings. The van der Waals surface area contributed by atoms with Gasteiger partial charge in [-0.15, -0.1) is 0 Å². The van der Waals surface area contributed by atoms with Crippen molar-refractivity contribution in [2.75, 3.05) is 6.61 Å². The second kappa shape index (κ2) is 9.55. The third-order valence-electron chi connectivity index (χ3n) is 5.05. The Kier molecular flexibility index (Phi) is 7.73. The predicted molar refractivity (Wildman–Crippen MR) is 90.9 cm³/mol. The lowest BCUT2D eigenvalue weighted by molar-refractivity contribution is -0.137. The van der Waals surface area contributed by atoms with E-state index in [1.54, 1.807) is 0 Å². The van der Waals surface area contributed by atoms with Crippen molar-refractivity contribution in [2.45, 2.75) is 64.3 Å². The monoisotopic (exact) mass is 343 g/mol. The minimum absolute atomic E-state index is 0.233. The molecule has 2 aliphatic rings. The first-order chi connectivity index (χ1) is 11.1. The van der Waals surface area contributed by atoms with Gasteiger partial charge in [-0.05, 0) is 62.7 Å². The molecule has 0 saturated heterocycles. The third kappa shape index (κ3) is 5.69. The van der Waals surface area contributed by atoms with E-state index in [-0.39, 0.29) is 12.5 Å². The number of hydrogen-bond donors (Lipinski definition) is 2. The maximum Gasteiger partial charge on any atom is 0.303 e. The van der Waals surface area contributed by atoms with E-state index >= 15 is 0 Å². The van der Waals surface area contributed by atoms with Crippen molar-refractivity contribution in [3.05, 3.63) is 12.2 Å². The number of hydrogen-bond acceptors (Lipinski definition) is 3. The molecule has 2 aliphatic carbocycles. The van der Waals surface area contributed by atoms with Crippen molar-refractivity contribution in [1.82, 2.24) is 4.72 Å². The number of allylic oxidation sites excluding steroid dienone is 2. The molecule has 0 amide bonds. The first kappa shape index (κ1) is 18.6. The lowest BCUT2D eigenvalue weighted by Crippen LogP contribution is -2.42. The van der Waals surface area contributed by atoms with Crippen molar-refractivity contribution < 1.29 is 18.3 Å². The Labute approximate surface area is 141 Å². The van der Waals surface area contributed by atoms with Crippen LogP contribution in [-0.2, 0) is 20.2 Å². The van der Waals surface area contributed by atoms with Crippen LogP contribution in [-0.4, -0.2) is 27.9 Å². The average Bonchev–Trinajstić information content (AvgIpc) is 3.10. The zero-order valence-corrected chi connectivity index (χ0v) is 14.7. The number of rotatable bonds is 11. The minimum Gasteiger partial charge on any atom is -0.481 e. The van der Waals surface area contributed by atoms with Crippen LogP contribution in [0.4, 0.5) is 0 Å². The first-order valence-corrected chi connectivity index (χ1v) is 9.87. The van der Waals surface area contributed by atoms with Crippen LogP contribution in [0.25, 0.3) is 0 Å². The van der Waals surface area contributed by atoms with E-state index in [1.807, 2.05) is 6.92 Å². The highest BCUT2D eigenvalue weighted by Gasteiger charge is 2.47. The molecule has 5 atom stereocenters. The molecule has 0 heterocycles. The fourth-order valence-corrected chi connectivity index (χ4v) is 4.96. The van der Waals surface area contributed by atoms with Gasteiger partial charge in [0.2, 0.25) is 11.3 Å². The van der Waals surface area contributed by atoms with Crippen LogP contribution >= 0.6 is 0 Å². The zero-order valence-electron chi connectivity index (χ0n) is 13.9. The van der Waals surface area contributed by atoms with E-state index in [2.05, 4.69) is 16.9 Å². The van der Waals surface area contributed by atoms with Gasteiger partial charge < -0.3 is 5.11 Å². The van der Waals surface area contributed by atoms with E-state index in [1.165, 1.54) is 19.3 Å². The average molecular weight is 343 g/mol. The summed E-state index contributed by atoms with van der Waals surface area (Å²) in [5.41, 5.74) is 0. The highest BCUT2D eigenvalue weighted by atomic mass is 32.2. The van der Waals surface area contributed by atoms with Crippen molar-refractivity contribution in [1.29, 1.82) is 0 Å². The van der Waals surface area contributed by atoms with Crippen molar-refractivity contribution in [3.63, 3.8) is 0 Å². The van der Waals surface area contributed by atoms with Gasteiger partial charge in [0, 0.05) is 12.5 Å². The summed E-state index contributed by atoms with van der Waals surface area (Å²) in [4.78, 5) is 10.5. The smallest absolute Gasteiger partial charge is 0.303 e. The molecule has 23 heavy (non-hydrogen) atoms. The van der Waals surface area contributed by atoms with Crippen LogP contribution < -0.4 is 4.72 Å². The number of unbranched alkanes of at least 4 members (excludes halogenated alkanes) is 1. The van der Waals surface area contributed by atoms with Crippen LogP contribution in [0.15, 0.2) is 12.2 Å². The van der Waals surface area contributed by atoms with E-state index < -0.39 is 17.2 Å². The number of carboxylic acid groups (broad SMARTS) is 1. The summed E-state index contributed by atoms with van der Waals surface area (Å²) >= 11 is -1.39. The topological polar surface area (TPSA) is 75.6 Å². The summed E-state index contributed by atoms with van der Waals surface area (Å²) in [5, 5.41) is 8.62. The van der Waals surface area contributed by atoms with Gasteiger partial charge >= 0.3 is 5.97 Å².